The van der Waals surface area contributed by atoms with Crippen LogP contribution in [0.15, 0.2) is 20.0 Å². The molecule has 0 aromatic rings. The Bertz CT molecular complexity index is 2190. The van der Waals surface area contributed by atoms with E-state index >= 15 is 0 Å². The lowest BCUT2D eigenvalue weighted by Gasteiger charge is -2.26. The molecule has 0 aromatic heterocycles. The number of rotatable bonds is 47. The van der Waals surface area contributed by atoms with E-state index in [0.717, 1.165) is 0 Å². The van der Waals surface area contributed by atoms with Crippen molar-refractivity contribution in [3.05, 3.63) is 0 Å². The standard InChI is InChI=1S/C48H95N25O11/c49-18-4-1-12-29(70-40(79)30(15-8-22-62-46(55)56)69-37(76)27-66-38(77)28(52)11-7-21-61-45(53)54)39(78)67-25-35(74)65-26-36(75)68-31(16-9-23-63-47(57)58)41(80)72-33(17-10-24-64-48(59)60)42(81)71-32(13-2-5-19-50)43(82)73-34(44(83)84)14-3-6-20-51/h28-34H,1-27,49-52H2,(H,65,74)(H,66,77)(H,67,78)(H,68,75)(H,69,76)(H,70,79)(H,71,81)(H,72,80)(H,73,82)(H,83,84)(H4,53,54,61)(H4,55,56,62)(H4,57,58,63)(H4,59,60,64)/t28-,29-,30-,31-,32-,33-,34-/m0/s1. The van der Waals surface area contributed by atoms with Gasteiger partial charge in [0.15, 0.2) is 23.8 Å². The van der Waals surface area contributed by atoms with E-state index in [0.29, 0.717) is 51.5 Å². The molecule has 0 aliphatic heterocycles. The van der Waals surface area contributed by atoms with Gasteiger partial charge in [0, 0.05) is 26.2 Å². The first-order valence-electron chi connectivity index (χ1n) is 27.8. The monoisotopic (exact) mass is 1200 g/mol. The Morgan fingerprint density at radius 1 is 0.321 bits per heavy atom. The highest BCUT2D eigenvalue weighted by molar-refractivity contribution is 5.97. The van der Waals surface area contributed by atoms with Gasteiger partial charge in [-0.1, -0.05) is 0 Å². The van der Waals surface area contributed by atoms with E-state index in [2.05, 4.69) is 67.8 Å². The summed E-state index contributed by atoms with van der Waals surface area (Å²) in [7, 11) is 0. The maximum absolute atomic E-state index is 14.0. The van der Waals surface area contributed by atoms with E-state index in [9.17, 15) is 53.1 Å². The van der Waals surface area contributed by atoms with E-state index in [1.54, 1.807) is 0 Å². The van der Waals surface area contributed by atoms with Crippen molar-refractivity contribution in [1.82, 2.24) is 47.9 Å². The van der Waals surface area contributed by atoms with Crippen molar-refractivity contribution in [3.63, 3.8) is 0 Å². The number of nitrogens with two attached hydrogens (primary N) is 12. The molecular weight excluding hydrogens is 1100 g/mol. The summed E-state index contributed by atoms with van der Waals surface area (Å²) in [6.07, 6.45) is 3.57. The minimum absolute atomic E-state index is 0.0191. The fraction of sp³-hybridized carbons (Fsp3) is 0.708. The van der Waals surface area contributed by atoms with Crippen LogP contribution in [0.3, 0.4) is 0 Å². The van der Waals surface area contributed by atoms with E-state index < -0.39 is 121 Å². The molecule has 0 fully saturated rings. The first kappa shape index (κ1) is 75.6. The molecule has 0 radical (unpaired) electrons. The average molecular weight is 1200 g/mol. The summed E-state index contributed by atoms with van der Waals surface area (Å²) in [4.78, 5) is 149. The van der Waals surface area contributed by atoms with Crippen molar-refractivity contribution < 1.29 is 53.1 Å². The van der Waals surface area contributed by atoms with Crippen molar-refractivity contribution in [2.24, 2.45) is 88.8 Å². The summed E-state index contributed by atoms with van der Waals surface area (Å²) < 4.78 is 0. The molecule has 0 rings (SSSR count). The number of carbonyl (C=O) groups excluding carboxylic acids is 9. The molecular formula is C48H95N25O11. The molecule has 36 nitrogen and oxygen atoms in total. The normalized spacial score (nSPS) is 13.2. The van der Waals surface area contributed by atoms with E-state index in [1.807, 2.05) is 0 Å². The van der Waals surface area contributed by atoms with E-state index in [4.69, 9.17) is 68.8 Å². The van der Waals surface area contributed by atoms with Crippen LogP contribution in [0, 0.1) is 0 Å². The molecule has 478 valence electrons. The number of amides is 9. The molecule has 0 unspecified atom stereocenters. The van der Waals surface area contributed by atoms with Gasteiger partial charge in [-0.25, -0.2) is 4.79 Å². The number of hydrogen-bond acceptors (Lipinski definition) is 18. The summed E-state index contributed by atoms with van der Waals surface area (Å²) in [5.41, 5.74) is 66.2. The second kappa shape index (κ2) is 45.2. The lowest BCUT2D eigenvalue weighted by Crippen LogP contribution is -2.58. The number of carboxylic acids is 1. The van der Waals surface area contributed by atoms with E-state index in [1.165, 1.54) is 0 Å². The third-order valence-corrected chi connectivity index (χ3v) is 12.1. The molecule has 0 heterocycles. The summed E-state index contributed by atoms with van der Waals surface area (Å²) in [5.74, 6) is -9.38. The minimum Gasteiger partial charge on any atom is -0.480 e. The fourth-order valence-electron chi connectivity index (χ4n) is 7.65. The fourth-order valence-corrected chi connectivity index (χ4v) is 7.65. The molecule has 0 aliphatic carbocycles. The number of guanidine groups is 4. The van der Waals surface area contributed by atoms with Crippen LogP contribution >= 0.6 is 0 Å². The highest BCUT2D eigenvalue weighted by Gasteiger charge is 2.32. The molecule has 0 aromatic carbocycles. The number of nitrogens with one attached hydrogen (secondary N) is 9. The molecule has 0 saturated heterocycles. The Kier molecular flexibility index (Phi) is 40.7. The first-order valence-corrected chi connectivity index (χ1v) is 27.8. The Labute approximate surface area is 488 Å². The van der Waals surface area contributed by atoms with Crippen LogP contribution in [0.4, 0.5) is 0 Å². The average Bonchev–Trinajstić information content (AvgIpc) is 3.56. The van der Waals surface area contributed by atoms with Crippen LogP contribution in [0.2, 0.25) is 0 Å². The van der Waals surface area contributed by atoms with Gasteiger partial charge in [0.2, 0.25) is 53.2 Å². The number of unbranched alkanes of at least 4 members (excludes halogenated alkanes) is 3. The Hall–Kier alpha value is -8.38. The number of carboxylic acid groups (broad SMARTS) is 1. The lowest BCUT2D eigenvalue weighted by atomic mass is 10.0. The largest absolute Gasteiger partial charge is 0.480 e. The van der Waals surface area contributed by atoms with Gasteiger partial charge < -0.3 is 122 Å². The molecule has 84 heavy (non-hydrogen) atoms. The van der Waals surface area contributed by atoms with Gasteiger partial charge in [0.25, 0.3) is 0 Å². The third-order valence-electron chi connectivity index (χ3n) is 12.1. The molecule has 34 N–H and O–H groups in total. The van der Waals surface area contributed by atoms with Gasteiger partial charge in [-0.2, -0.15) is 0 Å². The van der Waals surface area contributed by atoms with Gasteiger partial charge in [-0.3, -0.25) is 63.1 Å². The van der Waals surface area contributed by atoms with Gasteiger partial charge in [-0.15, -0.1) is 0 Å². The number of nitrogens with zero attached hydrogens (tertiary/aromatic N) is 4. The van der Waals surface area contributed by atoms with Crippen LogP contribution in [-0.2, 0) is 47.9 Å². The van der Waals surface area contributed by atoms with Crippen LogP contribution < -0.4 is 117 Å². The highest BCUT2D eigenvalue weighted by Crippen LogP contribution is 2.10. The van der Waals surface area contributed by atoms with Crippen LogP contribution in [0.5, 0.6) is 0 Å². The zero-order chi connectivity index (χ0) is 63.4. The number of hydrogen-bond donors (Lipinski definition) is 22. The number of aliphatic carboxylic acids is 1. The smallest absolute Gasteiger partial charge is 0.326 e. The first-order chi connectivity index (χ1) is 39.8. The van der Waals surface area contributed by atoms with Crippen molar-refractivity contribution in [3.8, 4) is 0 Å². The Morgan fingerprint density at radius 2 is 0.595 bits per heavy atom. The maximum Gasteiger partial charge on any atom is 0.326 e. The predicted octanol–water partition coefficient (Wildman–Crippen LogP) is -9.74. The zero-order valence-electron chi connectivity index (χ0n) is 47.9. The second-order valence-electron chi connectivity index (χ2n) is 19.3. The third kappa shape index (κ3) is 37.6. The zero-order valence-corrected chi connectivity index (χ0v) is 47.9. The van der Waals surface area contributed by atoms with Crippen LogP contribution in [0.25, 0.3) is 0 Å². The summed E-state index contributed by atoms with van der Waals surface area (Å²) in [6.45, 7) is -0.781. The van der Waals surface area contributed by atoms with Gasteiger partial charge in [-0.05, 0) is 129 Å². The van der Waals surface area contributed by atoms with Crippen molar-refractivity contribution in [2.45, 2.75) is 151 Å². The summed E-state index contributed by atoms with van der Waals surface area (Å²) >= 11 is 0. The molecule has 0 bridgehead atoms. The van der Waals surface area contributed by atoms with Crippen molar-refractivity contribution >= 4 is 83.0 Å². The Morgan fingerprint density at radius 3 is 0.940 bits per heavy atom. The summed E-state index contributed by atoms with van der Waals surface area (Å²) in [6, 6.07) is -8.80. The van der Waals surface area contributed by atoms with Crippen LogP contribution in [-0.4, -0.2) is 196 Å². The highest BCUT2D eigenvalue weighted by atomic mass is 16.4. The van der Waals surface area contributed by atoms with E-state index in [-0.39, 0.29) is 127 Å². The van der Waals surface area contributed by atoms with Gasteiger partial charge >= 0.3 is 5.97 Å². The molecule has 7 atom stereocenters. The Balaban J connectivity index is 6.28. The van der Waals surface area contributed by atoms with Gasteiger partial charge in [0.05, 0.1) is 25.7 Å². The molecule has 0 saturated carbocycles. The SMILES string of the molecule is NCCCC[C@H](NC(=O)[C@H](CCCCN)NC(=O)[C@H](CCCN=C(N)N)NC(=O)[C@H](CCCN=C(N)N)NC(=O)CNC(=O)CNC(=O)[C@H](CCCCN)NC(=O)[C@H](CCCN=C(N)N)NC(=O)CNC(=O)[C@@H](N)CCCN=C(N)N)C(=O)O. The quantitative estimate of drug-likeness (QED) is 0.0153. The van der Waals surface area contributed by atoms with Crippen molar-refractivity contribution in [2.75, 3.05) is 65.4 Å². The number of carbonyl (C=O) groups is 10. The maximum atomic E-state index is 14.0. The molecule has 0 aliphatic rings. The lowest BCUT2D eigenvalue weighted by molar-refractivity contribution is -0.142. The van der Waals surface area contributed by atoms with Crippen LogP contribution in [0.1, 0.15) is 109 Å². The summed E-state index contributed by atoms with van der Waals surface area (Å²) in [5, 5.41) is 32.3. The molecule has 36 heteroatoms. The van der Waals surface area contributed by atoms with Gasteiger partial charge in [0.1, 0.15) is 36.3 Å². The minimum atomic E-state index is -1.38. The number of aliphatic imine (C=N–C) groups is 4. The molecule has 0 spiro atoms. The predicted molar refractivity (Wildman–Crippen MR) is 315 cm³/mol. The van der Waals surface area contributed by atoms with Crippen molar-refractivity contribution in [1.29, 1.82) is 0 Å². The topological polar surface area (TPSA) is 661 Å². The molecule has 9 amide bonds. The second-order valence-corrected chi connectivity index (χ2v) is 19.3.